The third kappa shape index (κ3) is 3.95. The number of hydrogen-bond acceptors (Lipinski definition) is 7. The number of ketones is 1. The van der Waals surface area contributed by atoms with Crippen molar-refractivity contribution in [2.75, 3.05) is 21.3 Å². The normalized spacial score (nSPS) is 10.8. The molecule has 0 N–H and O–H groups in total. The zero-order valence-electron chi connectivity index (χ0n) is 15.1. The minimum Gasteiger partial charge on any atom is -0.493 e. The van der Waals surface area contributed by atoms with E-state index >= 15 is 0 Å². The van der Waals surface area contributed by atoms with Gasteiger partial charge in [0.25, 0.3) is 0 Å². The molecule has 8 nitrogen and oxygen atoms in total. The van der Waals surface area contributed by atoms with E-state index in [9.17, 15) is 4.79 Å². The number of carbonyl (C=O) groups is 1. The van der Waals surface area contributed by atoms with Crippen LogP contribution in [0, 0.1) is 0 Å². The Morgan fingerprint density at radius 2 is 1.78 bits per heavy atom. The van der Waals surface area contributed by atoms with Crippen LogP contribution in [0.1, 0.15) is 15.9 Å². The summed E-state index contributed by atoms with van der Waals surface area (Å²) in [6.07, 6.45) is 4.64. The van der Waals surface area contributed by atoms with Crippen molar-refractivity contribution in [3.8, 4) is 22.9 Å². The topological polar surface area (TPSA) is 88.4 Å². The zero-order chi connectivity index (χ0) is 19.2. The van der Waals surface area contributed by atoms with Gasteiger partial charge in [0.2, 0.25) is 5.75 Å². The molecule has 1 aromatic heterocycles. The largest absolute Gasteiger partial charge is 0.493 e. The van der Waals surface area contributed by atoms with Crippen molar-refractivity contribution < 1.29 is 19.0 Å². The molecule has 0 spiro atoms. The van der Waals surface area contributed by atoms with Crippen molar-refractivity contribution in [1.82, 2.24) is 20.2 Å². The van der Waals surface area contributed by atoms with E-state index in [1.54, 1.807) is 50.6 Å². The first-order chi connectivity index (χ1) is 13.2. The van der Waals surface area contributed by atoms with Crippen molar-refractivity contribution in [1.29, 1.82) is 0 Å². The SMILES string of the molecule is COc1cc(/C=C/C(=O)c2cccc(-n3cnnn3)c2)cc(OC)c1OC. The van der Waals surface area contributed by atoms with E-state index in [1.165, 1.54) is 24.2 Å². The molecule has 8 heteroatoms. The summed E-state index contributed by atoms with van der Waals surface area (Å²) in [6.45, 7) is 0. The number of aromatic nitrogens is 4. The van der Waals surface area contributed by atoms with Gasteiger partial charge in [-0.1, -0.05) is 18.2 Å². The molecule has 0 radical (unpaired) electrons. The predicted molar refractivity (Wildman–Crippen MR) is 98.6 cm³/mol. The summed E-state index contributed by atoms with van der Waals surface area (Å²) in [6, 6.07) is 10.6. The Balaban J connectivity index is 1.86. The molecule has 0 atom stereocenters. The van der Waals surface area contributed by atoms with Gasteiger partial charge in [0.05, 0.1) is 27.0 Å². The van der Waals surface area contributed by atoms with Gasteiger partial charge >= 0.3 is 0 Å². The second-order valence-electron chi connectivity index (χ2n) is 5.46. The number of benzene rings is 2. The van der Waals surface area contributed by atoms with Crippen LogP contribution in [0.25, 0.3) is 11.8 Å². The highest BCUT2D eigenvalue weighted by Crippen LogP contribution is 2.38. The zero-order valence-corrected chi connectivity index (χ0v) is 15.1. The van der Waals surface area contributed by atoms with Crippen LogP contribution < -0.4 is 14.2 Å². The molecular weight excluding hydrogens is 348 g/mol. The van der Waals surface area contributed by atoms with Gasteiger partial charge in [-0.05, 0) is 46.3 Å². The molecule has 0 bridgehead atoms. The van der Waals surface area contributed by atoms with Crippen LogP contribution in [0.15, 0.2) is 48.8 Å². The van der Waals surface area contributed by atoms with Crippen molar-refractivity contribution in [2.45, 2.75) is 0 Å². The molecule has 2 aromatic carbocycles. The van der Waals surface area contributed by atoms with E-state index < -0.39 is 0 Å². The standard InChI is InChI=1S/C19H18N4O4/c1-25-17-9-13(10-18(26-2)19(17)27-3)7-8-16(24)14-5-4-6-15(11-14)23-12-20-21-22-23/h4-12H,1-3H3/b8-7+. The maximum absolute atomic E-state index is 12.5. The fourth-order valence-electron chi connectivity index (χ4n) is 2.55. The molecular formula is C19H18N4O4. The van der Waals surface area contributed by atoms with Gasteiger partial charge in [-0.25, -0.2) is 4.68 Å². The van der Waals surface area contributed by atoms with Crippen LogP contribution in [-0.4, -0.2) is 47.3 Å². The van der Waals surface area contributed by atoms with Crippen LogP contribution in [-0.2, 0) is 0 Å². The Bertz CT molecular complexity index is 943. The number of carbonyl (C=O) groups excluding carboxylic acids is 1. The lowest BCUT2D eigenvalue weighted by Crippen LogP contribution is -1.99. The van der Waals surface area contributed by atoms with Gasteiger partial charge in [0.1, 0.15) is 6.33 Å². The number of methoxy groups -OCH3 is 3. The predicted octanol–water partition coefficient (Wildman–Crippen LogP) is 2.58. The van der Waals surface area contributed by atoms with Gasteiger partial charge in [-0.2, -0.15) is 0 Å². The maximum atomic E-state index is 12.5. The molecule has 3 rings (SSSR count). The molecule has 0 amide bonds. The smallest absolute Gasteiger partial charge is 0.203 e. The summed E-state index contributed by atoms with van der Waals surface area (Å²) in [5, 5.41) is 11.0. The third-order valence-electron chi connectivity index (χ3n) is 3.86. The molecule has 27 heavy (non-hydrogen) atoms. The summed E-state index contributed by atoms with van der Waals surface area (Å²) in [4.78, 5) is 12.5. The van der Waals surface area contributed by atoms with Crippen LogP contribution in [0.5, 0.6) is 17.2 Å². The first-order valence-electron chi connectivity index (χ1n) is 8.02. The van der Waals surface area contributed by atoms with Crippen molar-refractivity contribution in [3.05, 3.63) is 59.9 Å². The Kier molecular flexibility index (Phi) is 5.46. The molecule has 0 unspecified atom stereocenters. The van der Waals surface area contributed by atoms with E-state index in [-0.39, 0.29) is 5.78 Å². The summed E-state index contributed by atoms with van der Waals surface area (Å²) < 4.78 is 17.4. The highest BCUT2D eigenvalue weighted by Gasteiger charge is 2.12. The number of hydrogen-bond donors (Lipinski definition) is 0. The second-order valence-corrected chi connectivity index (χ2v) is 5.46. The van der Waals surface area contributed by atoms with E-state index in [0.717, 1.165) is 5.56 Å². The Morgan fingerprint density at radius 3 is 2.37 bits per heavy atom. The maximum Gasteiger partial charge on any atom is 0.203 e. The number of ether oxygens (including phenoxy) is 3. The summed E-state index contributed by atoms with van der Waals surface area (Å²) in [5.74, 6) is 1.38. The molecule has 138 valence electrons. The van der Waals surface area contributed by atoms with Crippen LogP contribution in [0.4, 0.5) is 0 Å². The van der Waals surface area contributed by atoms with Gasteiger partial charge in [-0.3, -0.25) is 4.79 Å². The van der Waals surface area contributed by atoms with E-state index in [1.807, 2.05) is 6.07 Å². The molecule has 0 fully saturated rings. The van der Waals surface area contributed by atoms with E-state index in [2.05, 4.69) is 15.5 Å². The minimum atomic E-state index is -0.154. The minimum absolute atomic E-state index is 0.154. The Labute approximate surface area is 156 Å². The average molecular weight is 366 g/mol. The van der Waals surface area contributed by atoms with E-state index in [0.29, 0.717) is 28.5 Å². The molecule has 0 aliphatic carbocycles. The third-order valence-corrected chi connectivity index (χ3v) is 3.86. The number of nitrogens with zero attached hydrogens (tertiary/aromatic N) is 4. The van der Waals surface area contributed by atoms with Crippen LogP contribution >= 0.6 is 0 Å². The van der Waals surface area contributed by atoms with Crippen LogP contribution in [0.3, 0.4) is 0 Å². The van der Waals surface area contributed by atoms with Crippen molar-refractivity contribution in [3.63, 3.8) is 0 Å². The highest BCUT2D eigenvalue weighted by molar-refractivity contribution is 6.07. The number of rotatable bonds is 7. The summed E-state index contributed by atoms with van der Waals surface area (Å²) in [5.41, 5.74) is 1.97. The quantitative estimate of drug-likeness (QED) is 0.469. The fraction of sp³-hybridized carbons (Fsp3) is 0.158. The van der Waals surface area contributed by atoms with Gasteiger partial charge in [0.15, 0.2) is 17.3 Å². The first kappa shape index (κ1) is 18.1. The first-order valence-corrected chi connectivity index (χ1v) is 8.02. The average Bonchev–Trinajstić information content (AvgIpc) is 3.26. The Hall–Kier alpha value is -3.68. The molecule has 0 saturated heterocycles. The van der Waals surface area contributed by atoms with Crippen molar-refractivity contribution in [2.24, 2.45) is 0 Å². The van der Waals surface area contributed by atoms with Crippen LogP contribution in [0.2, 0.25) is 0 Å². The monoisotopic (exact) mass is 366 g/mol. The van der Waals surface area contributed by atoms with Gasteiger partial charge in [-0.15, -0.1) is 5.10 Å². The lowest BCUT2D eigenvalue weighted by atomic mass is 10.1. The number of allylic oxidation sites excluding steroid dienone is 1. The van der Waals surface area contributed by atoms with Gasteiger partial charge in [0, 0.05) is 5.56 Å². The fourth-order valence-corrected chi connectivity index (χ4v) is 2.55. The van der Waals surface area contributed by atoms with E-state index in [4.69, 9.17) is 14.2 Å². The van der Waals surface area contributed by atoms with Crippen molar-refractivity contribution >= 4 is 11.9 Å². The number of tetrazole rings is 1. The Morgan fingerprint density at radius 1 is 1.04 bits per heavy atom. The summed E-state index contributed by atoms with van der Waals surface area (Å²) in [7, 11) is 4.62. The lowest BCUT2D eigenvalue weighted by Gasteiger charge is -2.12. The highest BCUT2D eigenvalue weighted by atomic mass is 16.5. The molecule has 0 saturated carbocycles. The summed E-state index contributed by atoms with van der Waals surface area (Å²) >= 11 is 0. The van der Waals surface area contributed by atoms with Gasteiger partial charge < -0.3 is 14.2 Å². The second kappa shape index (κ2) is 8.13. The lowest BCUT2D eigenvalue weighted by molar-refractivity contribution is 0.104. The molecule has 0 aliphatic rings. The molecule has 3 aromatic rings. The molecule has 1 heterocycles. The molecule has 0 aliphatic heterocycles.